The monoisotopic (exact) mass is 312 g/mol. The Balaban J connectivity index is 1.66. The average Bonchev–Trinajstić information content (AvgIpc) is 2.61. The van der Waals surface area contributed by atoms with Crippen molar-refractivity contribution in [1.82, 2.24) is 4.90 Å². The summed E-state index contributed by atoms with van der Waals surface area (Å²) in [6, 6.07) is 14.1. The summed E-state index contributed by atoms with van der Waals surface area (Å²) in [4.78, 5) is 14.3. The second kappa shape index (κ2) is 7.11. The highest BCUT2D eigenvalue weighted by atomic mass is 16.5. The van der Waals surface area contributed by atoms with Crippen LogP contribution >= 0.6 is 0 Å². The van der Waals surface area contributed by atoms with Gasteiger partial charge in [-0.15, -0.1) is 0 Å². The maximum Gasteiger partial charge on any atom is 0.239 e. The van der Waals surface area contributed by atoms with Crippen molar-refractivity contribution in [3.05, 3.63) is 48.0 Å². The number of amides is 1. The second-order valence-corrected chi connectivity index (χ2v) is 6.35. The van der Waals surface area contributed by atoms with E-state index >= 15 is 0 Å². The lowest BCUT2D eigenvalue weighted by Gasteiger charge is -2.29. The van der Waals surface area contributed by atoms with Gasteiger partial charge in [-0.25, -0.2) is 0 Å². The first-order chi connectivity index (χ1) is 11.1. The van der Waals surface area contributed by atoms with Crippen LogP contribution in [0.15, 0.2) is 42.5 Å². The highest BCUT2D eigenvalue weighted by molar-refractivity contribution is 5.84. The van der Waals surface area contributed by atoms with Crippen LogP contribution in [0.3, 0.4) is 0 Å². The molecule has 1 atom stereocenters. The molecular weight excluding hydrogens is 288 g/mol. The highest BCUT2D eigenvalue weighted by Crippen LogP contribution is 2.20. The van der Waals surface area contributed by atoms with Gasteiger partial charge in [-0.1, -0.05) is 36.4 Å². The Labute approximate surface area is 137 Å². The number of hydrogen-bond acceptors (Lipinski definition) is 3. The van der Waals surface area contributed by atoms with E-state index in [1.807, 2.05) is 19.2 Å². The van der Waals surface area contributed by atoms with Gasteiger partial charge in [0, 0.05) is 26.8 Å². The quantitative estimate of drug-likeness (QED) is 0.944. The van der Waals surface area contributed by atoms with Gasteiger partial charge in [-0.3, -0.25) is 4.79 Å². The first kappa shape index (κ1) is 16.0. The molecular formula is C19H24N2O2. The van der Waals surface area contributed by atoms with Crippen LogP contribution in [0.4, 0.5) is 0 Å². The number of rotatable bonds is 4. The van der Waals surface area contributed by atoms with Crippen LogP contribution in [0.2, 0.25) is 0 Å². The van der Waals surface area contributed by atoms with Gasteiger partial charge in [0.05, 0.1) is 6.04 Å². The smallest absolute Gasteiger partial charge is 0.239 e. The van der Waals surface area contributed by atoms with Crippen molar-refractivity contribution in [2.75, 3.05) is 20.3 Å². The van der Waals surface area contributed by atoms with E-state index in [1.165, 1.54) is 10.8 Å². The minimum atomic E-state index is -0.427. The molecule has 4 nitrogen and oxygen atoms in total. The van der Waals surface area contributed by atoms with Crippen molar-refractivity contribution in [3.8, 4) is 0 Å². The summed E-state index contributed by atoms with van der Waals surface area (Å²) in [5.41, 5.74) is 7.31. The van der Waals surface area contributed by atoms with E-state index < -0.39 is 6.04 Å². The molecule has 3 rings (SSSR count). The molecule has 1 saturated heterocycles. The number of nitrogens with two attached hydrogens (primary N) is 1. The first-order valence-corrected chi connectivity index (χ1v) is 8.21. The summed E-state index contributed by atoms with van der Waals surface area (Å²) in [6.45, 7) is 2.00. The van der Waals surface area contributed by atoms with Crippen molar-refractivity contribution >= 4 is 16.7 Å². The molecule has 23 heavy (non-hydrogen) atoms. The fourth-order valence-corrected chi connectivity index (χ4v) is 3.22. The third-order valence-corrected chi connectivity index (χ3v) is 4.67. The lowest BCUT2D eigenvalue weighted by Crippen LogP contribution is -2.47. The van der Waals surface area contributed by atoms with E-state index in [2.05, 4.69) is 30.3 Å². The molecule has 1 aliphatic heterocycles. The van der Waals surface area contributed by atoms with Crippen molar-refractivity contribution in [2.45, 2.75) is 25.4 Å². The summed E-state index contributed by atoms with van der Waals surface area (Å²) in [5, 5.41) is 2.41. The molecule has 2 aromatic rings. The number of carbonyl (C=O) groups excluding carboxylic acids is 1. The first-order valence-electron chi connectivity index (χ1n) is 8.21. The standard InChI is InChI=1S/C19H24N2O2/c1-21(19(22)18(20)16-8-10-23-11-9-16)13-14-6-7-15-4-2-3-5-17(15)12-14/h2-7,12,16,18H,8-11,13,20H2,1H3. The van der Waals surface area contributed by atoms with E-state index in [9.17, 15) is 4.79 Å². The summed E-state index contributed by atoms with van der Waals surface area (Å²) in [7, 11) is 1.83. The fourth-order valence-electron chi connectivity index (χ4n) is 3.22. The summed E-state index contributed by atoms with van der Waals surface area (Å²) in [5.74, 6) is 0.250. The number of likely N-dealkylation sites (N-methyl/N-ethyl adjacent to an activating group) is 1. The van der Waals surface area contributed by atoms with Crippen LogP contribution in [0.5, 0.6) is 0 Å². The molecule has 1 unspecified atom stereocenters. The number of hydrogen-bond donors (Lipinski definition) is 1. The van der Waals surface area contributed by atoms with Crippen LogP contribution in [-0.4, -0.2) is 37.1 Å². The zero-order valence-corrected chi connectivity index (χ0v) is 13.6. The molecule has 0 spiro atoms. The Kier molecular flexibility index (Phi) is 4.94. The van der Waals surface area contributed by atoms with Gasteiger partial charge in [0.2, 0.25) is 5.91 Å². The second-order valence-electron chi connectivity index (χ2n) is 6.35. The molecule has 1 heterocycles. The molecule has 122 valence electrons. The van der Waals surface area contributed by atoms with E-state index in [4.69, 9.17) is 10.5 Å². The maximum atomic E-state index is 12.6. The van der Waals surface area contributed by atoms with Gasteiger partial charge >= 0.3 is 0 Å². The SMILES string of the molecule is CN(Cc1ccc2ccccc2c1)C(=O)C(N)C1CCOCC1. The van der Waals surface area contributed by atoms with Crippen LogP contribution in [0.25, 0.3) is 10.8 Å². The molecule has 4 heteroatoms. The minimum Gasteiger partial charge on any atom is -0.381 e. The topological polar surface area (TPSA) is 55.6 Å². The highest BCUT2D eigenvalue weighted by Gasteiger charge is 2.28. The summed E-state index contributed by atoms with van der Waals surface area (Å²) in [6.07, 6.45) is 1.74. The fraction of sp³-hybridized carbons (Fsp3) is 0.421. The number of ether oxygens (including phenoxy) is 1. The number of nitrogens with zero attached hydrogens (tertiary/aromatic N) is 1. The number of fused-ring (bicyclic) bond motifs is 1. The number of carbonyl (C=O) groups is 1. The van der Waals surface area contributed by atoms with E-state index in [0.29, 0.717) is 19.8 Å². The predicted molar refractivity (Wildman–Crippen MR) is 91.9 cm³/mol. The van der Waals surface area contributed by atoms with E-state index in [1.54, 1.807) is 4.90 Å². The third-order valence-electron chi connectivity index (χ3n) is 4.67. The normalized spacial score (nSPS) is 17.1. The molecule has 1 amide bonds. The Hall–Kier alpha value is -1.91. The Bertz CT molecular complexity index is 680. The van der Waals surface area contributed by atoms with Gasteiger partial charge in [0.15, 0.2) is 0 Å². The van der Waals surface area contributed by atoms with Gasteiger partial charge in [-0.2, -0.15) is 0 Å². The molecule has 0 bridgehead atoms. The molecule has 1 aliphatic rings. The lowest BCUT2D eigenvalue weighted by atomic mass is 9.91. The van der Waals surface area contributed by atoms with Crippen molar-refractivity contribution in [1.29, 1.82) is 0 Å². The summed E-state index contributed by atoms with van der Waals surface area (Å²) < 4.78 is 5.35. The molecule has 0 saturated carbocycles. The molecule has 1 fully saturated rings. The van der Waals surface area contributed by atoms with E-state index in [0.717, 1.165) is 18.4 Å². The molecule has 0 aliphatic carbocycles. The van der Waals surface area contributed by atoms with Crippen LogP contribution in [0.1, 0.15) is 18.4 Å². The van der Waals surface area contributed by atoms with Crippen LogP contribution in [-0.2, 0) is 16.1 Å². The number of benzene rings is 2. The Morgan fingerprint density at radius 1 is 1.22 bits per heavy atom. The van der Waals surface area contributed by atoms with Gasteiger partial charge in [0.25, 0.3) is 0 Å². The third kappa shape index (κ3) is 3.71. The Morgan fingerprint density at radius 3 is 2.65 bits per heavy atom. The van der Waals surface area contributed by atoms with Gasteiger partial charge < -0.3 is 15.4 Å². The minimum absolute atomic E-state index is 0.0186. The Morgan fingerprint density at radius 2 is 1.91 bits per heavy atom. The lowest BCUT2D eigenvalue weighted by molar-refractivity contribution is -0.133. The van der Waals surface area contributed by atoms with Gasteiger partial charge in [0.1, 0.15) is 0 Å². The molecule has 0 radical (unpaired) electrons. The molecule has 2 aromatic carbocycles. The van der Waals surface area contributed by atoms with Crippen LogP contribution < -0.4 is 5.73 Å². The van der Waals surface area contributed by atoms with Crippen molar-refractivity contribution in [2.24, 2.45) is 11.7 Å². The molecule has 0 aromatic heterocycles. The van der Waals surface area contributed by atoms with E-state index in [-0.39, 0.29) is 11.8 Å². The largest absolute Gasteiger partial charge is 0.381 e. The molecule has 2 N–H and O–H groups in total. The van der Waals surface area contributed by atoms with Gasteiger partial charge in [-0.05, 0) is 41.2 Å². The van der Waals surface area contributed by atoms with Crippen molar-refractivity contribution < 1.29 is 9.53 Å². The predicted octanol–water partition coefficient (Wildman–Crippen LogP) is 2.55. The van der Waals surface area contributed by atoms with Crippen LogP contribution in [0, 0.1) is 5.92 Å². The zero-order valence-electron chi connectivity index (χ0n) is 13.6. The maximum absolute atomic E-state index is 12.6. The van der Waals surface area contributed by atoms with Crippen molar-refractivity contribution in [3.63, 3.8) is 0 Å². The average molecular weight is 312 g/mol. The zero-order chi connectivity index (χ0) is 16.2. The summed E-state index contributed by atoms with van der Waals surface area (Å²) >= 11 is 0.